The smallest absolute Gasteiger partial charge is 0.266 e. The zero-order valence-electron chi connectivity index (χ0n) is 20.6. The summed E-state index contributed by atoms with van der Waals surface area (Å²) in [6.07, 6.45) is -2.79. The fourth-order valence-electron chi connectivity index (χ4n) is 5.67. The van der Waals surface area contributed by atoms with Gasteiger partial charge < -0.3 is 24.8 Å². The quantitative estimate of drug-likeness (QED) is 0.543. The molecule has 1 aromatic heterocycles. The van der Waals surface area contributed by atoms with Crippen LogP contribution >= 0.6 is 0 Å². The number of piperidine rings is 1. The van der Waals surface area contributed by atoms with Crippen molar-refractivity contribution in [1.82, 2.24) is 14.8 Å². The van der Waals surface area contributed by atoms with E-state index in [2.05, 4.69) is 15.5 Å². The molecule has 2 saturated heterocycles. The van der Waals surface area contributed by atoms with Gasteiger partial charge in [0.1, 0.15) is 12.0 Å². The molecule has 2 aliphatic heterocycles. The topological polar surface area (TPSA) is 75.6 Å². The minimum absolute atomic E-state index is 0.0815. The van der Waals surface area contributed by atoms with Gasteiger partial charge in [0.05, 0.1) is 35.5 Å². The molecule has 37 heavy (non-hydrogen) atoms. The summed E-state index contributed by atoms with van der Waals surface area (Å²) in [7, 11) is 2.04. The van der Waals surface area contributed by atoms with Crippen LogP contribution in [0.5, 0.6) is 0 Å². The van der Waals surface area contributed by atoms with Gasteiger partial charge in [0.2, 0.25) is 0 Å². The van der Waals surface area contributed by atoms with E-state index < -0.39 is 47.5 Å². The number of nitrogens with one attached hydrogen (secondary N) is 2. The third kappa shape index (κ3) is 4.98. The van der Waals surface area contributed by atoms with E-state index in [1.165, 1.54) is 35.9 Å². The second-order valence-corrected chi connectivity index (χ2v) is 10.3. The maximum atomic E-state index is 14.7. The highest BCUT2D eigenvalue weighted by molar-refractivity contribution is 5.99. The van der Waals surface area contributed by atoms with Crippen LogP contribution in [0.2, 0.25) is 0 Å². The minimum atomic E-state index is -2.99. The number of carbonyl (C=O) groups is 1. The summed E-state index contributed by atoms with van der Waals surface area (Å²) in [6.45, 7) is 3.45. The van der Waals surface area contributed by atoms with Crippen molar-refractivity contribution in [2.24, 2.45) is 11.8 Å². The van der Waals surface area contributed by atoms with Gasteiger partial charge in [0.15, 0.2) is 0 Å². The highest BCUT2D eigenvalue weighted by atomic mass is 19.3. The normalized spacial score (nSPS) is 28.1. The minimum Gasteiger partial charge on any atom is -0.381 e. The molecule has 7 nitrogen and oxygen atoms in total. The lowest BCUT2D eigenvalue weighted by Gasteiger charge is -2.29. The molecule has 3 heterocycles. The molecule has 0 radical (unpaired) electrons. The second kappa shape index (κ2) is 10.1. The van der Waals surface area contributed by atoms with Crippen molar-refractivity contribution in [3.63, 3.8) is 0 Å². The van der Waals surface area contributed by atoms with Crippen molar-refractivity contribution in [3.05, 3.63) is 63.3 Å². The molecular formula is C26H30F4N4O3. The first-order valence-electron chi connectivity index (χ1n) is 12.5. The largest absolute Gasteiger partial charge is 0.381 e. The Hall–Kier alpha value is -2.92. The lowest BCUT2D eigenvalue weighted by molar-refractivity contribution is 0.00232. The van der Waals surface area contributed by atoms with Crippen LogP contribution in [0.4, 0.5) is 23.2 Å². The number of amides is 1. The van der Waals surface area contributed by atoms with Gasteiger partial charge in [-0.3, -0.25) is 9.59 Å². The number of pyridine rings is 1. The van der Waals surface area contributed by atoms with Crippen LogP contribution < -0.4 is 16.2 Å². The van der Waals surface area contributed by atoms with E-state index >= 15 is 0 Å². The molecule has 3 fully saturated rings. The molecule has 2 aromatic rings. The second-order valence-electron chi connectivity index (χ2n) is 10.3. The van der Waals surface area contributed by atoms with Gasteiger partial charge in [0, 0.05) is 43.6 Å². The highest BCUT2D eigenvalue weighted by Gasteiger charge is 2.55. The molecule has 5 rings (SSSR count). The molecule has 1 saturated carbocycles. The molecule has 1 aromatic carbocycles. The average molecular weight is 523 g/mol. The predicted octanol–water partition coefficient (Wildman–Crippen LogP) is 3.69. The molecular weight excluding hydrogens is 492 g/mol. The van der Waals surface area contributed by atoms with Gasteiger partial charge in [-0.15, -0.1) is 0 Å². The Balaban J connectivity index is 1.44. The van der Waals surface area contributed by atoms with Crippen LogP contribution in [0.15, 0.2) is 35.3 Å². The molecule has 0 unspecified atom stereocenters. The van der Waals surface area contributed by atoms with Gasteiger partial charge in [-0.1, -0.05) is 18.2 Å². The zero-order valence-corrected chi connectivity index (χ0v) is 20.6. The molecule has 11 heteroatoms. The fourth-order valence-corrected chi connectivity index (χ4v) is 5.67. The van der Waals surface area contributed by atoms with E-state index in [4.69, 9.17) is 4.74 Å². The fraction of sp³-hybridized carbons (Fsp3) is 0.538. The lowest BCUT2D eigenvalue weighted by Crippen LogP contribution is -2.38. The maximum absolute atomic E-state index is 14.7. The SMILES string of the molecule is C[C@@H](NC(=O)c1cn([C@H]2CCOC[C@@H]2F)c(=O)cc1N[C@@H]1[C@@H]2CN(C)C[C@@H]21)c1cccc(C(F)F)c1F. The summed E-state index contributed by atoms with van der Waals surface area (Å²) in [4.78, 5) is 28.7. The molecule has 1 aliphatic carbocycles. The summed E-state index contributed by atoms with van der Waals surface area (Å²) in [6, 6.07) is 3.33. The van der Waals surface area contributed by atoms with Gasteiger partial charge in [0.25, 0.3) is 17.9 Å². The lowest BCUT2D eigenvalue weighted by atomic mass is 10.0. The number of likely N-dealkylation sites (tertiary alicyclic amines) is 1. The van der Waals surface area contributed by atoms with Crippen LogP contribution in [0, 0.1) is 17.7 Å². The number of fused-ring (bicyclic) bond motifs is 1. The Morgan fingerprint density at radius 2 is 1.89 bits per heavy atom. The van der Waals surface area contributed by atoms with E-state index in [1.807, 2.05) is 7.05 Å². The summed E-state index contributed by atoms with van der Waals surface area (Å²) >= 11 is 0. The van der Waals surface area contributed by atoms with E-state index in [-0.39, 0.29) is 36.8 Å². The number of benzene rings is 1. The van der Waals surface area contributed by atoms with Gasteiger partial charge in [-0.2, -0.15) is 0 Å². The monoisotopic (exact) mass is 522 g/mol. The molecule has 200 valence electrons. The standard InChI is InChI=1S/C26H30F4N4O3/c1-13(14-4-3-5-15(23(14)28)25(29)30)31-26(36)18-11-34(21-6-7-37-12-19(21)27)22(35)8-20(18)32-24-16-9-33(2)10-17(16)24/h3-5,8,11,13,16-17,19,21,24-25,32H,6-7,9-10,12H2,1-2H3,(H,31,36)/t13-,16-,17+,19+,21+,24-/m1/s1. The van der Waals surface area contributed by atoms with Crippen molar-refractivity contribution in [2.45, 2.75) is 44.1 Å². The molecule has 0 bridgehead atoms. The zero-order chi connectivity index (χ0) is 26.4. The van der Waals surface area contributed by atoms with Crippen molar-refractivity contribution < 1.29 is 27.1 Å². The number of aromatic nitrogens is 1. The van der Waals surface area contributed by atoms with E-state index in [9.17, 15) is 27.2 Å². The third-order valence-corrected chi connectivity index (χ3v) is 7.74. The van der Waals surface area contributed by atoms with Crippen LogP contribution in [-0.4, -0.2) is 60.9 Å². The number of halogens is 4. The number of hydrogen-bond donors (Lipinski definition) is 2. The summed E-state index contributed by atoms with van der Waals surface area (Å²) in [5.41, 5.74) is -0.846. The van der Waals surface area contributed by atoms with Crippen LogP contribution in [0.1, 0.15) is 53.3 Å². The summed E-state index contributed by atoms with van der Waals surface area (Å²) in [5, 5.41) is 5.99. The maximum Gasteiger partial charge on any atom is 0.266 e. The molecule has 0 spiro atoms. The van der Waals surface area contributed by atoms with Crippen LogP contribution in [0.25, 0.3) is 0 Å². The van der Waals surface area contributed by atoms with Crippen molar-refractivity contribution in [1.29, 1.82) is 0 Å². The van der Waals surface area contributed by atoms with E-state index in [0.29, 0.717) is 17.5 Å². The van der Waals surface area contributed by atoms with Crippen molar-refractivity contribution in [3.8, 4) is 0 Å². The number of ether oxygens (including phenoxy) is 1. The number of hydrogen-bond acceptors (Lipinski definition) is 5. The number of rotatable bonds is 7. The van der Waals surface area contributed by atoms with Gasteiger partial charge in [-0.25, -0.2) is 17.6 Å². The van der Waals surface area contributed by atoms with Crippen LogP contribution in [0.3, 0.4) is 0 Å². The van der Waals surface area contributed by atoms with Crippen molar-refractivity contribution >= 4 is 11.6 Å². The van der Waals surface area contributed by atoms with Crippen LogP contribution in [-0.2, 0) is 4.74 Å². The highest BCUT2D eigenvalue weighted by Crippen LogP contribution is 2.47. The number of carbonyl (C=O) groups excluding carboxylic acids is 1. The first-order valence-corrected chi connectivity index (χ1v) is 12.5. The number of anilines is 1. The number of alkyl halides is 3. The Bertz CT molecular complexity index is 1230. The van der Waals surface area contributed by atoms with Crippen molar-refractivity contribution in [2.75, 3.05) is 38.7 Å². The first-order chi connectivity index (χ1) is 17.7. The molecule has 3 aliphatic rings. The van der Waals surface area contributed by atoms with Gasteiger partial charge >= 0.3 is 0 Å². The average Bonchev–Trinajstić information content (AvgIpc) is 3.29. The van der Waals surface area contributed by atoms with E-state index in [1.54, 1.807) is 0 Å². The Morgan fingerprint density at radius 1 is 1.19 bits per heavy atom. The Labute approximate surface area is 211 Å². The predicted molar refractivity (Wildman–Crippen MR) is 129 cm³/mol. The molecule has 6 atom stereocenters. The Morgan fingerprint density at radius 3 is 2.57 bits per heavy atom. The number of nitrogens with zero attached hydrogens (tertiary/aromatic N) is 2. The van der Waals surface area contributed by atoms with Gasteiger partial charge in [-0.05, 0) is 32.2 Å². The first kappa shape index (κ1) is 25.7. The third-order valence-electron chi connectivity index (χ3n) is 7.74. The molecule has 1 amide bonds. The summed E-state index contributed by atoms with van der Waals surface area (Å²) < 4.78 is 62.1. The molecule has 2 N–H and O–H groups in total. The summed E-state index contributed by atoms with van der Waals surface area (Å²) in [5.74, 6) is -0.902. The Kier molecular flexibility index (Phi) is 7.01. The van der Waals surface area contributed by atoms with E-state index in [0.717, 1.165) is 19.2 Å².